The third kappa shape index (κ3) is 6.05. The van der Waals surface area contributed by atoms with Gasteiger partial charge in [-0.15, -0.1) is 0 Å². The van der Waals surface area contributed by atoms with Crippen molar-refractivity contribution in [3.8, 4) is 5.75 Å². The number of rotatable bonds is 7. The number of nitrogens with one attached hydrogen (secondary N) is 1. The molecule has 1 heterocycles. The minimum atomic E-state index is -0.514. The van der Waals surface area contributed by atoms with Crippen LogP contribution < -0.4 is 15.8 Å². The first-order valence-electron chi connectivity index (χ1n) is 8.82. The second-order valence-electron chi connectivity index (χ2n) is 6.29. The smallest absolute Gasteiger partial charge is 0.262 e. The Morgan fingerprint density at radius 2 is 1.62 bits per heavy atom. The van der Waals surface area contributed by atoms with Crippen LogP contribution in [0.1, 0.15) is 21.7 Å². The molecule has 0 aliphatic heterocycles. The Balaban J connectivity index is 1.52. The van der Waals surface area contributed by atoms with Gasteiger partial charge in [0.15, 0.2) is 11.8 Å². The van der Waals surface area contributed by atoms with E-state index in [1.807, 2.05) is 44.2 Å². The number of ether oxygens (including phenoxy) is 1. The molecule has 2 amide bonds. The second kappa shape index (κ2) is 9.20. The van der Waals surface area contributed by atoms with Crippen LogP contribution in [0.15, 0.2) is 64.6 Å². The van der Waals surface area contributed by atoms with Crippen LogP contribution in [0.25, 0.3) is 0 Å². The number of anilines is 1. The first-order valence-corrected chi connectivity index (χ1v) is 9.63. The largest absolute Gasteiger partial charge is 0.484 e. The summed E-state index contributed by atoms with van der Waals surface area (Å²) in [6.45, 7) is 3.72. The van der Waals surface area contributed by atoms with Crippen LogP contribution >= 0.6 is 11.8 Å². The summed E-state index contributed by atoms with van der Waals surface area (Å²) < 4.78 is 5.42. The summed E-state index contributed by atoms with van der Waals surface area (Å²) in [5.74, 6) is -0.327. The van der Waals surface area contributed by atoms with Crippen LogP contribution in [-0.4, -0.2) is 28.4 Å². The zero-order chi connectivity index (χ0) is 20.8. The van der Waals surface area contributed by atoms with E-state index in [0.717, 1.165) is 16.3 Å². The summed E-state index contributed by atoms with van der Waals surface area (Å²) in [5.41, 5.74) is 8.08. The summed E-state index contributed by atoms with van der Waals surface area (Å²) in [6.07, 6.45) is 0. The second-order valence-corrected chi connectivity index (χ2v) is 7.33. The van der Waals surface area contributed by atoms with Crippen molar-refractivity contribution in [1.82, 2.24) is 9.97 Å². The van der Waals surface area contributed by atoms with Crippen molar-refractivity contribution < 1.29 is 14.3 Å². The summed E-state index contributed by atoms with van der Waals surface area (Å²) in [5, 5.41) is 3.46. The quantitative estimate of drug-likeness (QED) is 0.581. The van der Waals surface area contributed by atoms with Gasteiger partial charge in [-0.1, -0.05) is 0 Å². The summed E-state index contributed by atoms with van der Waals surface area (Å²) in [6, 6.07) is 15.6. The van der Waals surface area contributed by atoms with Gasteiger partial charge < -0.3 is 15.8 Å². The number of benzene rings is 2. The van der Waals surface area contributed by atoms with E-state index in [4.69, 9.17) is 10.5 Å². The fourth-order valence-electron chi connectivity index (χ4n) is 2.51. The molecule has 3 rings (SSSR count). The Morgan fingerprint density at radius 1 is 1.00 bits per heavy atom. The minimum Gasteiger partial charge on any atom is -0.484 e. The fourth-order valence-corrected chi connectivity index (χ4v) is 3.37. The van der Waals surface area contributed by atoms with E-state index >= 15 is 0 Å². The zero-order valence-corrected chi connectivity index (χ0v) is 16.8. The van der Waals surface area contributed by atoms with Gasteiger partial charge in [0.1, 0.15) is 5.75 Å². The van der Waals surface area contributed by atoms with Gasteiger partial charge in [0.05, 0.1) is 0 Å². The maximum atomic E-state index is 12.1. The molecule has 29 heavy (non-hydrogen) atoms. The summed E-state index contributed by atoms with van der Waals surface area (Å²) >= 11 is 1.46. The molecule has 0 spiro atoms. The Kier molecular flexibility index (Phi) is 6.46. The number of hydrogen-bond acceptors (Lipinski definition) is 6. The predicted molar refractivity (Wildman–Crippen MR) is 111 cm³/mol. The van der Waals surface area contributed by atoms with Crippen LogP contribution in [0, 0.1) is 13.8 Å². The van der Waals surface area contributed by atoms with Gasteiger partial charge in [0.2, 0.25) is 5.91 Å². The van der Waals surface area contributed by atoms with Gasteiger partial charge in [0, 0.05) is 27.5 Å². The first kappa shape index (κ1) is 20.3. The number of primary amides is 1. The van der Waals surface area contributed by atoms with Crippen molar-refractivity contribution in [2.24, 2.45) is 5.73 Å². The van der Waals surface area contributed by atoms with Crippen LogP contribution in [0.4, 0.5) is 5.69 Å². The van der Waals surface area contributed by atoms with Gasteiger partial charge in [-0.05, 0) is 80.2 Å². The third-order valence-electron chi connectivity index (χ3n) is 3.82. The lowest BCUT2D eigenvalue weighted by Gasteiger charge is -2.08. The fraction of sp³-hybridized carbons (Fsp3) is 0.143. The molecule has 0 aliphatic carbocycles. The average molecular weight is 408 g/mol. The molecule has 0 aliphatic rings. The molecule has 1 aromatic heterocycles. The summed E-state index contributed by atoms with van der Waals surface area (Å²) in [4.78, 5) is 32.9. The molecule has 3 N–H and O–H groups in total. The van der Waals surface area contributed by atoms with E-state index in [-0.39, 0.29) is 12.5 Å². The van der Waals surface area contributed by atoms with Gasteiger partial charge in [-0.2, -0.15) is 0 Å². The normalized spacial score (nSPS) is 10.4. The summed E-state index contributed by atoms with van der Waals surface area (Å²) in [7, 11) is 0. The predicted octanol–water partition coefficient (Wildman–Crippen LogP) is 3.36. The number of amides is 2. The zero-order valence-electron chi connectivity index (χ0n) is 16.0. The highest BCUT2D eigenvalue weighted by atomic mass is 32.2. The minimum absolute atomic E-state index is 0.150. The van der Waals surface area contributed by atoms with Gasteiger partial charge in [-0.25, -0.2) is 9.97 Å². The first-order chi connectivity index (χ1) is 13.9. The van der Waals surface area contributed by atoms with E-state index in [1.165, 1.54) is 11.8 Å². The lowest BCUT2D eigenvalue weighted by Crippen LogP contribution is -2.20. The number of nitrogens with zero attached hydrogens (tertiary/aromatic N) is 2. The third-order valence-corrected chi connectivity index (χ3v) is 4.69. The van der Waals surface area contributed by atoms with Crippen molar-refractivity contribution in [1.29, 1.82) is 0 Å². The van der Waals surface area contributed by atoms with Crippen LogP contribution in [0.5, 0.6) is 5.75 Å². The van der Waals surface area contributed by atoms with Crippen molar-refractivity contribution >= 4 is 29.3 Å². The van der Waals surface area contributed by atoms with Crippen LogP contribution in [-0.2, 0) is 4.79 Å². The SMILES string of the molecule is Cc1cc(C)nc(Sc2ccc(NC(=O)COc3ccc(C(N)=O)cc3)cc2)n1. The lowest BCUT2D eigenvalue weighted by molar-refractivity contribution is -0.118. The van der Waals surface area contributed by atoms with Crippen molar-refractivity contribution in [3.05, 3.63) is 71.5 Å². The van der Waals surface area contributed by atoms with Crippen molar-refractivity contribution in [2.75, 3.05) is 11.9 Å². The highest BCUT2D eigenvalue weighted by Crippen LogP contribution is 2.26. The highest BCUT2D eigenvalue weighted by Gasteiger charge is 2.07. The van der Waals surface area contributed by atoms with E-state index in [9.17, 15) is 9.59 Å². The molecule has 0 unspecified atom stereocenters. The highest BCUT2D eigenvalue weighted by molar-refractivity contribution is 7.99. The molecule has 7 nitrogen and oxygen atoms in total. The molecule has 148 valence electrons. The van der Waals surface area contributed by atoms with Crippen molar-refractivity contribution in [3.63, 3.8) is 0 Å². The molecular weight excluding hydrogens is 388 g/mol. The molecule has 0 fully saturated rings. The Bertz CT molecular complexity index is 1000. The monoisotopic (exact) mass is 408 g/mol. The average Bonchev–Trinajstić information content (AvgIpc) is 2.67. The molecule has 2 aromatic carbocycles. The molecule has 0 atom stereocenters. The molecule has 0 radical (unpaired) electrons. The van der Waals surface area contributed by atoms with Crippen LogP contribution in [0.2, 0.25) is 0 Å². The van der Waals surface area contributed by atoms with E-state index in [1.54, 1.807) is 24.3 Å². The number of aromatic nitrogens is 2. The Labute approximate surface area is 172 Å². The van der Waals surface area contributed by atoms with Crippen LogP contribution in [0.3, 0.4) is 0 Å². The maximum Gasteiger partial charge on any atom is 0.262 e. The molecule has 0 bridgehead atoms. The van der Waals surface area contributed by atoms with Gasteiger partial charge >= 0.3 is 0 Å². The molecule has 3 aromatic rings. The molecule has 0 saturated heterocycles. The number of carbonyl (C=O) groups excluding carboxylic acids is 2. The van der Waals surface area contributed by atoms with Crippen molar-refractivity contribution in [2.45, 2.75) is 23.9 Å². The van der Waals surface area contributed by atoms with E-state index < -0.39 is 5.91 Å². The molecule has 8 heteroatoms. The number of carbonyl (C=O) groups is 2. The maximum absolute atomic E-state index is 12.1. The lowest BCUT2D eigenvalue weighted by atomic mass is 10.2. The van der Waals surface area contributed by atoms with Gasteiger partial charge in [0.25, 0.3) is 5.91 Å². The van der Waals surface area contributed by atoms with E-state index in [0.29, 0.717) is 22.2 Å². The number of hydrogen-bond donors (Lipinski definition) is 2. The van der Waals surface area contributed by atoms with Gasteiger partial charge in [-0.3, -0.25) is 9.59 Å². The Hall–Kier alpha value is -3.39. The van der Waals surface area contributed by atoms with E-state index in [2.05, 4.69) is 15.3 Å². The number of aryl methyl sites for hydroxylation is 2. The Morgan fingerprint density at radius 3 is 2.21 bits per heavy atom. The topological polar surface area (TPSA) is 107 Å². The molecule has 0 saturated carbocycles. The number of nitrogens with two attached hydrogens (primary N) is 1. The molecular formula is C21H20N4O3S. The standard InChI is InChI=1S/C21H20N4O3S/c1-13-11-14(2)24-21(23-13)29-18-9-5-16(6-10-18)25-19(26)12-28-17-7-3-15(4-8-17)20(22)27/h3-11H,12H2,1-2H3,(H2,22,27)(H,25,26).